The molecule has 0 rings (SSSR count). The first kappa shape index (κ1) is 31.1. The summed E-state index contributed by atoms with van der Waals surface area (Å²) in [5.41, 5.74) is 0. The van der Waals surface area contributed by atoms with Gasteiger partial charge in [-0.25, -0.2) is 0 Å². The van der Waals surface area contributed by atoms with Gasteiger partial charge < -0.3 is 15.5 Å². The summed E-state index contributed by atoms with van der Waals surface area (Å²) in [6.45, 7) is 4.27. The molecular formula is C28H55NO3. The van der Waals surface area contributed by atoms with E-state index in [1.807, 2.05) is 0 Å². The topological polar surface area (TPSA) is 69.6 Å². The number of carbonyl (C=O) groups is 1. The van der Waals surface area contributed by atoms with Gasteiger partial charge in [-0.2, -0.15) is 0 Å². The standard InChI is InChI=1S/C28H55NO3/c1-3-5-7-9-11-13-14-16-17-19-21-23-27(31)26(25-30)29-28(32)24-22-20-18-15-12-10-8-6-4-2/h14,16,26-27,30-31H,3-13,15,17-25H2,1-2H3,(H,29,32)/b16-14+/t26-,27+/m0/s1. The van der Waals surface area contributed by atoms with Gasteiger partial charge in [-0.05, 0) is 38.5 Å². The van der Waals surface area contributed by atoms with Crippen LogP contribution in [0.2, 0.25) is 0 Å². The zero-order valence-electron chi connectivity index (χ0n) is 21.5. The van der Waals surface area contributed by atoms with Crippen molar-refractivity contribution in [1.29, 1.82) is 0 Å². The van der Waals surface area contributed by atoms with Crippen LogP contribution in [0.3, 0.4) is 0 Å². The third-order valence-electron chi connectivity index (χ3n) is 6.28. The van der Waals surface area contributed by atoms with Crippen LogP contribution in [-0.2, 0) is 4.79 Å². The molecule has 2 atom stereocenters. The first-order chi connectivity index (χ1) is 15.7. The highest BCUT2D eigenvalue weighted by atomic mass is 16.3. The van der Waals surface area contributed by atoms with E-state index in [4.69, 9.17) is 0 Å². The molecule has 0 bridgehead atoms. The Bertz CT molecular complexity index is 425. The van der Waals surface area contributed by atoms with E-state index >= 15 is 0 Å². The van der Waals surface area contributed by atoms with Gasteiger partial charge in [-0.15, -0.1) is 0 Å². The number of rotatable bonds is 24. The molecule has 4 heteroatoms. The van der Waals surface area contributed by atoms with Crippen LogP contribution in [0.5, 0.6) is 0 Å². The fourth-order valence-electron chi connectivity index (χ4n) is 4.06. The molecule has 0 radical (unpaired) electrons. The van der Waals surface area contributed by atoms with Gasteiger partial charge in [0.2, 0.25) is 5.91 Å². The molecule has 1 amide bonds. The summed E-state index contributed by atoms with van der Waals surface area (Å²) >= 11 is 0. The number of carbonyl (C=O) groups excluding carboxylic acids is 1. The van der Waals surface area contributed by atoms with Crippen LogP contribution in [0.4, 0.5) is 0 Å². The van der Waals surface area contributed by atoms with Crippen molar-refractivity contribution in [2.45, 2.75) is 154 Å². The lowest BCUT2D eigenvalue weighted by molar-refractivity contribution is -0.123. The molecule has 0 aromatic heterocycles. The normalized spacial score (nSPS) is 13.5. The largest absolute Gasteiger partial charge is 0.394 e. The Morgan fingerprint density at radius 2 is 1.19 bits per heavy atom. The van der Waals surface area contributed by atoms with Crippen molar-refractivity contribution in [2.24, 2.45) is 0 Å². The minimum absolute atomic E-state index is 0.0482. The summed E-state index contributed by atoms with van der Waals surface area (Å²) in [4.78, 5) is 12.1. The van der Waals surface area contributed by atoms with Crippen LogP contribution in [0.1, 0.15) is 142 Å². The molecule has 0 saturated heterocycles. The van der Waals surface area contributed by atoms with Gasteiger partial charge in [0.25, 0.3) is 0 Å². The number of allylic oxidation sites excluding steroid dienone is 2. The van der Waals surface area contributed by atoms with Gasteiger partial charge in [0.15, 0.2) is 0 Å². The summed E-state index contributed by atoms with van der Waals surface area (Å²) in [5, 5.41) is 22.7. The van der Waals surface area contributed by atoms with E-state index in [0.29, 0.717) is 12.8 Å². The van der Waals surface area contributed by atoms with E-state index in [2.05, 4.69) is 31.3 Å². The Hall–Kier alpha value is -0.870. The van der Waals surface area contributed by atoms with Crippen molar-refractivity contribution in [3.63, 3.8) is 0 Å². The lowest BCUT2D eigenvalue weighted by atomic mass is 10.0. The van der Waals surface area contributed by atoms with Gasteiger partial charge in [-0.1, -0.05) is 109 Å². The van der Waals surface area contributed by atoms with Crippen molar-refractivity contribution in [3.8, 4) is 0 Å². The van der Waals surface area contributed by atoms with Gasteiger partial charge in [-0.3, -0.25) is 4.79 Å². The zero-order valence-corrected chi connectivity index (χ0v) is 21.5. The first-order valence-corrected chi connectivity index (χ1v) is 13.9. The Labute approximate surface area is 199 Å². The minimum atomic E-state index is -0.672. The molecule has 3 N–H and O–H groups in total. The summed E-state index contributed by atoms with van der Waals surface area (Å²) in [7, 11) is 0. The maximum atomic E-state index is 12.1. The lowest BCUT2D eigenvalue weighted by Gasteiger charge is -2.22. The predicted molar refractivity (Wildman–Crippen MR) is 138 cm³/mol. The third-order valence-corrected chi connectivity index (χ3v) is 6.28. The molecule has 0 unspecified atom stereocenters. The van der Waals surface area contributed by atoms with Crippen molar-refractivity contribution in [1.82, 2.24) is 5.32 Å². The van der Waals surface area contributed by atoms with Gasteiger partial charge in [0.1, 0.15) is 0 Å². The Kier molecular flexibility index (Phi) is 24.1. The quantitative estimate of drug-likeness (QED) is 0.107. The van der Waals surface area contributed by atoms with E-state index in [9.17, 15) is 15.0 Å². The molecule has 0 saturated carbocycles. The van der Waals surface area contributed by atoms with Gasteiger partial charge >= 0.3 is 0 Å². The monoisotopic (exact) mass is 453 g/mol. The third kappa shape index (κ3) is 21.0. The van der Waals surface area contributed by atoms with Crippen LogP contribution >= 0.6 is 0 Å². The van der Waals surface area contributed by atoms with Crippen molar-refractivity contribution >= 4 is 5.91 Å². The second-order valence-corrected chi connectivity index (χ2v) is 9.46. The SMILES string of the molecule is CCCCCCC/C=C/CCCC[C@@H](O)[C@H](CO)NC(=O)CCCCCCCCCCC. The van der Waals surface area contributed by atoms with E-state index in [-0.39, 0.29) is 12.5 Å². The number of amides is 1. The fraction of sp³-hybridized carbons (Fsp3) is 0.893. The molecule has 0 aliphatic rings. The molecule has 4 nitrogen and oxygen atoms in total. The van der Waals surface area contributed by atoms with Crippen molar-refractivity contribution < 1.29 is 15.0 Å². The molecule has 0 aliphatic carbocycles. The van der Waals surface area contributed by atoms with Crippen LogP contribution in [0.25, 0.3) is 0 Å². The Morgan fingerprint density at radius 1 is 0.719 bits per heavy atom. The maximum Gasteiger partial charge on any atom is 0.220 e. The zero-order chi connectivity index (χ0) is 23.7. The summed E-state index contributed by atoms with van der Waals surface area (Å²) in [5.74, 6) is -0.0482. The molecule has 0 spiro atoms. The molecule has 0 aromatic carbocycles. The summed E-state index contributed by atoms with van der Waals surface area (Å²) in [6, 6.07) is -0.542. The van der Waals surface area contributed by atoms with Gasteiger partial charge in [0.05, 0.1) is 18.8 Å². The molecule has 0 aromatic rings. The summed E-state index contributed by atoms with van der Waals surface area (Å²) < 4.78 is 0. The smallest absolute Gasteiger partial charge is 0.220 e. The number of nitrogens with one attached hydrogen (secondary N) is 1. The second-order valence-electron chi connectivity index (χ2n) is 9.46. The first-order valence-electron chi connectivity index (χ1n) is 13.9. The van der Waals surface area contributed by atoms with E-state index in [1.165, 1.54) is 83.5 Å². The van der Waals surface area contributed by atoms with E-state index in [1.54, 1.807) is 0 Å². The van der Waals surface area contributed by atoms with Crippen molar-refractivity contribution in [3.05, 3.63) is 12.2 Å². The lowest BCUT2D eigenvalue weighted by Crippen LogP contribution is -2.45. The Balaban J connectivity index is 3.69. The number of unbranched alkanes of at least 4 members (excludes halogenated alkanes) is 15. The van der Waals surface area contributed by atoms with Crippen LogP contribution in [-0.4, -0.2) is 34.9 Å². The van der Waals surface area contributed by atoms with E-state index < -0.39 is 12.1 Å². The Morgan fingerprint density at radius 3 is 1.72 bits per heavy atom. The maximum absolute atomic E-state index is 12.1. The molecular weight excluding hydrogens is 398 g/mol. The molecule has 32 heavy (non-hydrogen) atoms. The number of aliphatic hydroxyl groups excluding tert-OH is 2. The molecule has 0 fully saturated rings. The highest BCUT2D eigenvalue weighted by molar-refractivity contribution is 5.76. The average molecular weight is 454 g/mol. The average Bonchev–Trinajstić information content (AvgIpc) is 2.79. The number of hydrogen-bond acceptors (Lipinski definition) is 3. The second kappa shape index (κ2) is 24.8. The van der Waals surface area contributed by atoms with Crippen LogP contribution < -0.4 is 5.32 Å². The van der Waals surface area contributed by atoms with Crippen molar-refractivity contribution in [2.75, 3.05) is 6.61 Å². The highest BCUT2D eigenvalue weighted by Gasteiger charge is 2.19. The highest BCUT2D eigenvalue weighted by Crippen LogP contribution is 2.12. The molecule has 0 aliphatic heterocycles. The van der Waals surface area contributed by atoms with Crippen LogP contribution in [0.15, 0.2) is 12.2 Å². The van der Waals surface area contributed by atoms with Crippen LogP contribution in [0, 0.1) is 0 Å². The fourth-order valence-corrected chi connectivity index (χ4v) is 4.06. The minimum Gasteiger partial charge on any atom is -0.394 e. The molecule has 0 heterocycles. The number of hydrogen-bond donors (Lipinski definition) is 3. The predicted octanol–water partition coefficient (Wildman–Crippen LogP) is 7.22. The summed E-state index contributed by atoms with van der Waals surface area (Å²) in [6.07, 6.45) is 26.8. The number of aliphatic hydroxyl groups is 2. The van der Waals surface area contributed by atoms with E-state index in [0.717, 1.165) is 32.1 Å². The van der Waals surface area contributed by atoms with Gasteiger partial charge in [0, 0.05) is 6.42 Å². The molecule has 190 valence electrons.